The van der Waals surface area contributed by atoms with Crippen LogP contribution in [-0.2, 0) is 0 Å². The van der Waals surface area contributed by atoms with E-state index in [-0.39, 0.29) is 11.6 Å². The molecule has 0 aliphatic rings. The molecule has 5 nitrogen and oxygen atoms in total. The van der Waals surface area contributed by atoms with Gasteiger partial charge in [-0.05, 0) is 36.9 Å². The lowest BCUT2D eigenvalue weighted by atomic mass is 10.1. The third-order valence-electron chi connectivity index (χ3n) is 2.31. The number of amides is 2. The lowest BCUT2D eigenvalue weighted by Gasteiger charge is -2.08. The molecule has 0 spiro atoms. The quantitative estimate of drug-likeness (QED) is 0.715. The number of anilines is 1. The Labute approximate surface area is 110 Å². The summed E-state index contributed by atoms with van der Waals surface area (Å²) in [5.41, 5.74) is 1.44. The number of urea groups is 1. The van der Waals surface area contributed by atoms with E-state index in [1.54, 1.807) is 30.8 Å². The highest BCUT2D eigenvalue weighted by molar-refractivity contribution is 7.98. The van der Waals surface area contributed by atoms with Crippen molar-refractivity contribution in [2.45, 2.75) is 6.92 Å². The standard InChI is InChI=1S/C12H16N2O3S/c1-8-7-9(3-4-10(8)11(15)16)14-12(17)13-5-6-18-2/h3-4,7H,5-6H2,1-2H3,(H,15,16)(H2,13,14,17). The molecule has 1 rings (SSSR count). The molecule has 0 fully saturated rings. The summed E-state index contributed by atoms with van der Waals surface area (Å²) in [5.74, 6) is -0.117. The molecular formula is C12H16N2O3S. The highest BCUT2D eigenvalue weighted by Crippen LogP contribution is 2.15. The first-order valence-corrected chi connectivity index (χ1v) is 6.81. The normalized spacial score (nSPS) is 9.89. The number of carboxylic acids is 1. The maximum atomic E-state index is 11.5. The van der Waals surface area contributed by atoms with E-state index in [9.17, 15) is 9.59 Å². The van der Waals surface area contributed by atoms with Crippen LogP contribution in [-0.4, -0.2) is 35.7 Å². The number of benzene rings is 1. The number of carbonyl (C=O) groups excluding carboxylic acids is 1. The van der Waals surface area contributed by atoms with Crippen LogP contribution in [0.1, 0.15) is 15.9 Å². The number of rotatable bonds is 5. The van der Waals surface area contributed by atoms with Gasteiger partial charge in [0.1, 0.15) is 0 Å². The molecule has 0 unspecified atom stereocenters. The molecule has 0 aromatic heterocycles. The molecule has 0 saturated heterocycles. The Morgan fingerprint density at radius 3 is 2.67 bits per heavy atom. The van der Waals surface area contributed by atoms with Crippen molar-refractivity contribution in [3.8, 4) is 0 Å². The third kappa shape index (κ3) is 4.29. The van der Waals surface area contributed by atoms with Gasteiger partial charge in [-0.1, -0.05) is 0 Å². The van der Waals surface area contributed by atoms with E-state index >= 15 is 0 Å². The molecule has 2 amide bonds. The number of nitrogens with one attached hydrogen (secondary N) is 2. The molecule has 0 radical (unpaired) electrons. The second-order valence-corrected chi connectivity index (χ2v) is 4.69. The first-order valence-electron chi connectivity index (χ1n) is 5.42. The van der Waals surface area contributed by atoms with Crippen molar-refractivity contribution in [3.63, 3.8) is 0 Å². The average Bonchev–Trinajstić information content (AvgIpc) is 2.28. The predicted octanol–water partition coefficient (Wildman–Crippen LogP) is 2.18. The van der Waals surface area contributed by atoms with Crippen LogP contribution < -0.4 is 10.6 Å². The van der Waals surface area contributed by atoms with E-state index in [1.807, 2.05) is 6.26 Å². The second-order valence-electron chi connectivity index (χ2n) is 3.71. The van der Waals surface area contributed by atoms with Crippen molar-refractivity contribution in [2.75, 3.05) is 23.9 Å². The van der Waals surface area contributed by atoms with Gasteiger partial charge < -0.3 is 15.7 Å². The Morgan fingerprint density at radius 2 is 2.11 bits per heavy atom. The van der Waals surface area contributed by atoms with Crippen molar-refractivity contribution < 1.29 is 14.7 Å². The van der Waals surface area contributed by atoms with Crippen LogP contribution in [0.3, 0.4) is 0 Å². The number of thioether (sulfide) groups is 1. The fourth-order valence-electron chi connectivity index (χ4n) is 1.42. The Hall–Kier alpha value is -1.69. The molecular weight excluding hydrogens is 252 g/mol. The van der Waals surface area contributed by atoms with Crippen molar-refractivity contribution in [3.05, 3.63) is 29.3 Å². The van der Waals surface area contributed by atoms with Gasteiger partial charge in [-0.25, -0.2) is 9.59 Å². The molecule has 0 aliphatic heterocycles. The fourth-order valence-corrected chi connectivity index (χ4v) is 1.73. The van der Waals surface area contributed by atoms with Crippen molar-refractivity contribution in [1.29, 1.82) is 0 Å². The number of aromatic carboxylic acids is 1. The molecule has 6 heteroatoms. The Morgan fingerprint density at radius 1 is 1.39 bits per heavy atom. The van der Waals surface area contributed by atoms with Gasteiger partial charge >= 0.3 is 12.0 Å². The van der Waals surface area contributed by atoms with Crippen molar-refractivity contribution >= 4 is 29.4 Å². The fraction of sp³-hybridized carbons (Fsp3) is 0.333. The highest BCUT2D eigenvalue weighted by Gasteiger charge is 2.08. The Kier molecular flexibility index (Phi) is 5.51. The van der Waals surface area contributed by atoms with Gasteiger partial charge in [0.15, 0.2) is 0 Å². The van der Waals surface area contributed by atoms with Crippen LogP contribution in [0.5, 0.6) is 0 Å². The molecule has 1 aromatic carbocycles. The van der Waals surface area contributed by atoms with Crippen molar-refractivity contribution in [1.82, 2.24) is 5.32 Å². The molecule has 0 aliphatic carbocycles. The number of aryl methyl sites for hydroxylation is 1. The number of carboxylic acid groups (broad SMARTS) is 1. The van der Waals surface area contributed by atoms with Crippen LogP contribution in [0, 0.1) is 6.92 Å². The molecule has 0 bridgehead atoms. The Bertz CT molecular complexity index is 449. The molecule has 0 atom stereocenters. The topological polar surface area (TPSA) is 78.4 Å². The minimum atomic E-state index is -0.969. The van der Waals surface area contributed by atoms with Gasteiger partial charge in [-0.3, -0.25) is 0 Å². The van der Waals surface area contributed by atoms with Gasteiger partial charge in [0.2, 0.25) is 0 Å². The molecule has 0 heterocycles. The molecule has 98 valence electrons. The smallest absolute Gasteiger partial charge is 0.335 e. The minimum absolute atomic E-state index is 0.239. The summed E-state index contributed by atoms with van der Waals surface area (Å²) in [6.07, 6.45) is 1.97. The maximum absolute atomic E-state index is 11.5. The number of carbonyl (C=O) groups is 2. The van der Waals surface area contributed by atoms with E-state index in [0.29, 0.717) is 17.8 Å². The van der Waals surface area contributed by atoms with Crippen LogP contribution in [0.4, 0.5) is 10.5 Å². The van der Waals surface area contributed by atoms with Crippen LogP contribution in [0.15, 0.2) is 18.2 Å². The molecule has 18 heavy (non-hydrogen) atoms. The minimum Gasteiger partial charge on any atom is -0.478 e. The second kappa shape index (κ2) is 6.90. The van der Waals surface area contributed by atoms with Gasteiger partial charge in [-0.15, -0.1) is 0 Å². The van der Waals surface area contributed by atoms with Crippen LogP contribution in [0.25, 0.3) is 0 Å². The van der Waals surface area contributed by atoms with E-state index in [0.717, 1.165) is 5.75 Å². The lowest BCUT2D eigenvalue weighted by molar-refractivity contribution is 0.0696. The summed E-state index contributed by atoms with van der Waals surface area (Å²) in [6.45, 7) is 2.29. The highest BCUT2D eigenvalue weighted by atomic mass is 32.2. The average molecular weight is 268 g/mol. The van der Waals surface area contributed by atoms with Crippen molar-refractivity contribution in [2.24, 2.45) is 0 Å². The third-order valence-corrected chi connectivity index (χ3v) is 2.92. The molecule has 3 N–H and O–H groups in total. The summed E-state index contributed by atoms with van der Waals surface area (Å²) in [7, 11) is 0. The van der Waals surface area contributed by atoms with Gasteiger partial charge in [-0.2, -0.15) is 11.8 Å². The zero-order chi connectivity index (χ0) is 13.5. The maximum Gasteiger partial charge on any atom is 0.335 e. The summed E-state index contributed by atoms with van der Waals surface area (Å²) in [4.78, 5) is 22.3. The molecule has 1 aromatic rings. The summed E-state index contributed by atoms with van der Waals surface area (Å²) in [6, 6.07) is 4.41. The van der Waals surface area contributed by atoms with E-state index in [1.165, 1.54) is 6.07 Å². The largest absolute Gasteiger partial charge is 0.478 e. The van der Waals surface area contributed by atoms with Gasteiger partial charge in [0.05, 0.1) is 5.56 Å². The SMILES string of the molecule is CSCCNC(=O)Nc1ccc(C(=O)O)c(C)c1. The zero-order valence-corrected chi connectivity index (χ0v) is 11.1. The van der Waals surface area contributed by atoms with Crippen LogP contribution in [0.2, 0.25) is 0 Å². The summed E-state index contributed by atoms with van der Waals surface area (Å²) >= 11 is 1.65. The zero-order valence-electron chi connectivity index (χ0n) is 10.3. The van der Waals surface area contributed by atoms with E-state index in [4.69, 9.17) is 5.11 Å². The van der Waals surface area contributed by atoms with Gasteiger partial charge in [0.25, 0.3) is 0 Å². The van der Waals surface area contributed by atoms with Gasteiger partial charge in [0, 0.05) is 18.0 Å². The first kappa shape index (κ1) is 14.4. The van der Waals surface area contributed by atoms with E-state index < -0.39 is 5.97 Å². The number of hydrogen-bond acceptors (Lipinski definition) is 3. The predicted molar refractivity (Wildman–Crippen MR) is 73.5 cm³/mol. The summed E-state index contributed by atoms with van der Waals surface area (Å²) < 4.78 is 0. The lowest BCUT2D eigenvalue weighted by Crippen LogP contribution is -2.30. The first-order chi connectivity index (χ1) is 8.54. The Balaban J connectivity index is 2.60. The van der Waals surface area contributed by atoms with Crippen LogP contribution >= 0.6 is 11.8 Å². The summed E-state index contributed by atoms with van der Waals surface area (Å²) in [5, 5.41) is 14.2. The monoisotopic (exact) mass is 268 g/mol. The number of hydrogen-bond donors (Lipinski definition) is 3. The molecule has 0 saturated carbocycles. The van der Waals surface area contributed by atoms with E-state index in [2.05, 4.69) is 10.6 Å².